The first-order valence-corrected chi connectivity index (χ1v) is 5.00. The minimum absolute atomic E-state index is 0.267. The summed E-state index contributed by atoms with van der Waals surface area (Å²) in [5, 5.41) is 12.6. The Bertz CT molecular complexity index is 481. The summed E-state index contributed by atoms with van der Waals surface area (Å²) in [7, 11) is 0. The highest BCUT2D eigenvalue weighted by molar-refractivity contribution is 5.89. The lowest BCUT2D eigenvalue weighted by Crippen LogP contribution is -2.15. The number of nitrogens with zero attached hydrogens (tertiary/aromatic N) is 2. The number of ether oxygens (including phenoxy) is 1. The van der Waals surface area contributed by atoms with Crippen molar-refractivity contribution >= 4 is 11.9 Å². The number of carbonyl (C=O) groups excluding carboxylic acids is 1. The quantitative estimate of drug-likeness (QED) is 0.608. The van der Waals surface area contributed by atoms with Crippen molar-refractivity contribution < 1.29 is 19.4 Å². The van der Waals surface area contributed by atoms with E-state index in [2.05, 4.69) is 21.7 Å². The van der Waals surface area contributed by atoms with Crippen molar-refractivity contribution in [3.05, 3.63) is 18.0 Å². The Morgan fingerprint density at radius 3 is 2.94 bits per heavy atom. The van der Waals surface area contributed by atoms with Crippen LogP contribution in [0.1, 0.15) is 25.5 Å². The molecule has 1 heterocycles. The SMILES string of the molecule is CCOC(=O)C#Cc1cnn([C@@H](C)C(=O)O)c1. The third-order valence-electron chi connectivity index (χ3n) is 1.94. The molecule has 0 saturated heterocycles. The summed E-state index contributed by atoms with van der Waals surface area (Å²) in [6, 6.07) is -0.770. The van der Waals surface area contributed by atoms with Gasteiger partial charge in [-0.15, -0.1) is 0 Å². The van der Waals surface area contributed by atoms with Crippen LogP contribution in [0.4, 0.5) is 0 Å². The summed E-state index contributed by atoms with van der Waals surface area (Å²) >= 11 is 0. The van der Waals surface area contributed by atoms with Crippen LogP contribution in [0.3, 0.4) is 0 Å². The van der Waals surface area contributed by atoms with Gasteiger partial charge in [0.15, 0.2) is 0 Å². The van der Waals surface area contributed by atoms with E-state index in [1.54, 1.807) is 6.92 Å². The molecule has 0 aliphatic rings. The second-order valence-corrected chi connectivity index (χ2v) is 3.19. The van der Waals surface area contributed by atoms with Gasteiger partial charge in [0, 0.05) is 12.1 Å². The van der Waals surface area contributed by atoms with E-state index in [0.717, 1.165) is 0 Å². The van der Waals surface area contributed by atoms with Crippen molar-refractivity contribution in [1.29, 1.82) is 0 Å². The molecule has 6 nitrogen and oxygen atoms in total. The molecule has 0 unspecified atom stereocenters. The van der Waals surface area contributed by atoms with Gasteiger partial charge in [0.1, 0.15) is 6.04 Å². The van der Waals surface area contributed by atoms with E-state index in [9.17, 15) is 9.59 Å². The Morgan fingerprint density at radius 1 is 1.65 bits per heavy atom. The molecular weight excluding hydrogens is 224 g/mol. The molecular formula is C11H12N2O4. The van der Waals surface area contributed by atoms with Gasteiger partial charge in [-0.05, 0) is 13.8 Å². The molecule has 6 heteroatoms. The van der Waals surface area contributed by atoms with Crippen LogP contribution < -0.4 is 0 Å². The van der Waals surface area contributed by atoms with Gasteiger partial charge in [-0.2, -0.15) is 5.10 Å². The van der Waals surface area contributed by atoms with Gasteiger partial charge < -0.3 is 9.84 Å². The van der Waals surface area contributed by atoms with Crippen LogP contribution in [0.25, 0.3) is 0 Å². The van der Waals surface area contributed by atoms with Gasteiger partial charge in [-0.25, -0.2) is 9.59 Å². The summed E-state index contributed by atoms with van der Waals surface area (Å²) in [6.45, 7) is 3.45. The number of aromatic nitrogens is 2. The molecule has 0 aliphatic carbocycles. The predicted molar refractivity (Wildman–Crippen MR) is 58.1 cm³/mol. The van der Waals surface area contributed by atoms with Gasteiger partial charge in [-0.1, -0.05) is 5.92 Å². The fourth-order valence-corrected chi connectivity index (χ4v) is 1.02. The Morgan fingerprint density at radius 2 is 2.35 bits per heavy atom. The number of hydrogen-bond acceptors (Lipinski definition) is 4. The molecule has 0 amide bonds. The van der Waals surface area contributed by atoms with Crippen LogP contribution in [-0.4, -0.2) is 33.4 Å². The lowest BCUT2D eigenvalue weighted by Gasteiger charge is -2.04. The van der Waals surface area contributed by atoms with Crippen molar-refractivity contribution in [2.45, 2.75) is 19.9 Å². The minimum Gasteiger partial charge on any atom is -0.480 e. The number of hydrogen-bond donors (Lipinski definition) is 1. The van der Waals surface area contributed by atoms with Crippen molar-refractivity contribution in [3.8, 4) is 11.8 Å². The molecule has 1 rings (SSSR count). The van der Waals surface area contributed by atoms with Crippen molar-refractivity contribution in [1.82, 2.24) is 9.78 Å². The summed E-state index contributed by atoms with van der Waals surface area (Å²) in [4.78, 5) is 21.6. The number of rotatable bonds is 3. The number of carboxylic acid groups (broad SMARTS) is 1. The summed E-state index contributed by atoms with van der Waals surface area (Å²) in [5.41, 5.74) is 0.464. The van der Waals surface area contributed by atoms with Crippen LogP contribution in [0.5, 0.6) is 0 Å². The molecule has 0 spiro atoms. The largest absolute Gasteiger partial charge is 0.480 e. The summed E-state index contributed by atoms with van der Waals surface area (Å²) < 4.78 is 5.88. The fourth-order valence-electron chi connectivity index (χ4n) is 1.02. The van der Waals surface area contributed by atoms with Gasteiger partial charge in [0.2, 0.25) is 0 Å². The Hall–Kier alpha value is -2.29. The first-order valence-electron chi connectivity index (χ1n) is 5.00. The highest BCUT2D eigenvalue weighted by Gasteiger charge is 2.13. The molecule has 1 aromatic rings. The maximum Gasteiger partial charge on any atom is 0.384 e. The number of carbonyl (C=O) groups is 2. The van der Waals surface area contributed by atoms with E-state index >= 15 is 0 Å². The average Bonchev–Trinajstić information content (AvgIpc) is 2.74. The average molecular weight is 236 g/mol. The molecule has 17 heavy (non-hydrogen) atoms. The van der Waals surface area contributed by atoms with Crippen molar-refractivity contribution in [2.75, 3.05) is 6.61 Å². The molecule has 1 atom stereocenters. The third kappa shape index (κ3) is 3.65. The lowest BCUT2D eigenvalue weighted by atomic mass is 10.3. The molecule has 0 radical (unpaired) electrons. The molecule has 0 fully saturated rings. The van der Waals surface area contributed by atoms with Gasteiger partial charge in [-0.3, -0.25) is 4.68 Å². The third-order valence-corrected chi connectivity index (χ3v) is 1.94. The highest BCUT2D eigenvalue weighted by atomic mass is 16.5. The fraction of sp³-hybridized carbons (Fsp3) is 0.364. The zero-order valence-corrected chi connectivity index (χ0v) is 9.51. The second-order valence-electron chi connectivity index (χ2n) is 3.19. The van der Waals surface area contributed by atoms with E-state index in [1.807, 2.05) is 0 Å². The lowest BCUT2D eigenvalue weighted by molar-refractivity contribution is -0.140. The molecule has 0 aromatic carbocycles. The topological polar surface area (TPSA) is 81.4 Å². The summed E-state index contributed by atoms with van der Waals surface area (Å²) in [6.07, 6.45) is 2.86. The predicted octanol–water partition coefficient (Wildman–Crippen LogP) is 0.443. The molecule has 1 aromatic heterocycles. The molecule has 90 valence electrons. The van der Waals surface area contributed by atoms with E-state index in [4.69, 9.17) is 5.11 Å². The highest BCUT2D eigenvalue weighted by Crippen LogP contribution is 2.05. The maximum atomic E-state index is 10.9. The molecule has 0 saturated carbocycles. The minimum atomic E-state index is -0.988. The van der Waals surface area contributed by atoms with Crippen molar-refractivity contribution in [2.24, 2.45) is 0 Å². The maximum absolute atomic E-state index is 10.9. The zero-order valence-electron chi connectivity index (χ0n) is 9.51. The Balaban J connectivity index is 2.75. The molecule has 1 N–H and O–H groups in total. The number of esters is 1. The van der Waals surface area contributed by atoms with Crippen molar-refractivity contribution in [3.63, 3.8) is 0 Å². The van der Waals surface area contributed by atoms with E-state index in [0.29, 0.717) is 5.56 Å². The van der Waals surface area contributed by atoms with Gasteiger partial charge >= 0.3 is 11.9 Å². The zero-order chi connectivity index (χ0) is 12.8. The Kier molecular flexibility index (Phi) is 4.29. The van der Waals surface area contributed by atoms with Crippen LogP contribution in [0, 0.1) is 11.8 Å². The van der Waals surface area contributed by atoms with E-state index in [-0.39, 0.29) is 6.61 Å². The number of carboxylic acids is 1. The smallest absolute Gasteiger partial charge is 0.384 e. The molecule has 0 bridgehead atoms. The van der Waals surface area contributed by atoms with E-state index in [1.165, 1.54) is 24.0 Å². The van der Waals surface area contributed by atoms with E-state index < -0.39 is 18.0 Å². The first kappa shape index (κ1) is 12.8. The van der Waals surface area contributed by atoms with Crippen LogP contribution >= 0.6 is 0 Å². The standard InChI is InChI=1S/C11H12N2O4/c1-3-17-10(14)5-4-9-6-12-13(7-9)8(2)11(15)16/h6-8H,3H2,1-2H3,(H,15,16)/t8-/m0/s1. The number of aliphatic carboxylic acids is 1. The van der Waals surface area contributed by atoms with Gasteiger partial charge in [0.25, 0.3) is 0 Å². The van der Waals surface area contributed by atoms with Crippen LogP contribution in [0.15, 0.2) is 12.4 Å². The normalized spacial score (nSPS) is 11.2. The summed E-state index contributed by atoms with van der Waals surface area (Å²) in [5.74, 6) is 3.21. The first-order chi connectivity index (χ1) is 8.04. The second kappa shape index (κ2) is 5.70. The van der Waals surface area contributed by atoms with Crippen LogP contribution in [0.2, 0.25) is 0 Å². The monoisotopic (exact) mass is 236 g/mol. The van der Waals surface area contributed by atoms with Crippen LogP contribution in [-0.2, 0) is 14.3 Å². The Labute approximate surface area is 98.2 Å². The molecule has 0 aliphatic heterocycles. The van der Waals surface area contributed by atoms with Gasteiger partial charge in [0.05, 0.1) is 18.4 Å².